The van der Waals surface area contributed by atoms with Gasteiger partial charge in [0.15, 0.2) is 5.17 Å². The summed E-state index contributed by atoms with van der Waals surface area (Å²) in [5.74, 6) is 1.22. The highest BCUT2D eigenvalue weighted by Gasteiger charge is 2.49. The van der Waals surface area contributed by atoms with Crippen molar-refractivity contribution < 1.29 is 0 Å². The quantitative estimate of drug-likeness (QED) is 0.657. The van der Waals surface area contributed by atoms with Crippen molar-refractivity contribution in [3.8, 4) is 0 Å². The predicted molar refractivity (Wildman–Crippen MR) is 101 cm³/mol. The fraction of sp³-hybridized carbons (Fsp3) is 0.632. The van der Waals surface area contributed by atoms with Crippen LogP contribution in [0.2, 0.25) is 5.02 Å². The predicted octanol–water partition coefficient (Wildman–Crippen LogP) is 5.94. The summed E-state index contributed by atoms with van der Waals surface area (Å²) in [4.78, 5) is 7.83. The molecule has 3 aliphatic rings. The molecule has 2 nitrogen and oxygen atoms in total. The Balaban J connectivity index is 1.71. The summed E-state index contributed by atoms with van der Waals surface area (Å²) in [6.07, 6.45) is 10.9. The summed E-state index contributed by atoms with van der Waals surface area (Å²) in [6, 6.07) is 6.78. The molecule has 1 heterocycles. The Morgan fingerprint density at radius 3 is 2.65 bits per heavy atom. The molecule has 4 rings (SSSR count). The lowest BCUT2D eigenvalue weighted by molar-refractivity contribution is 0.163. The van der Waals surface area contributed by atoms with E-state index in [1.165, 1.54) is 62.3 Å². The molecule has 1 spiro atoms. The lowest BCUT2D eigenvalue weighted by Crippen LogP contribution is -2.50. The minimum Gasteiger partial charge on any atom is -0.342 e. The second-order valence-corrected chi connectivity index (χ2v) is 8.66. The van der Waals surface area contributed by atoms with E-state index in [0.29, 0.717) is 11.6 Å². The van der Waals surface area contributed by atoms with Crippen molar-refractivity contribution in [3.05, 3.63) is 28.8 Å². The van der Waals surface area contributed by atoms with Gasteiger partial charge in [-0.1, -0.05) is 55.1 Å². The minimum atomic E-state index is 0.394. The number of thioether (sulfide) groups is 1. The van der Waals surface area contributed by atoms with Crippen LogP contribution >= 0.6 is 23.4 Å². The highest BCUT2D eigenvalue weighted by atomic mass is 35.5. The van der Waals surface area contributed by atoms with Gasteiger partial charge in [-0.15, -0.1) is 0 Å². The number of rotatable bonds is 2. The third-order valence-corrected chi connectivity index (χ3v) is 7.50. The molecule has 2 saturated carbocycles. The number of aliphatic imine (C=N–C) groups is 1. The van der Waals surface area contributed by atoms with Crippen molar-refractivity contribution >= 4 is 34.2 Å². The monoisotopic (exact) mass is 348 g/mol. The van der Waals surface area contributed by atoms with Gasteiger partial charge in [0.1, 0.15) is 0 Å². The van der Waals surface area contributed by atoms with Crippen LogP contribution in [0.4, 0.5) is 5.69 Å². The second kappa shape index (κ2) is 6.33. The van der Waals surface area contributed by atoms with Gasteiger partial charge >= 0.3 is 0 Å². The smallest absolute Gasteiger partial charge is 0.165 e. The van der Waals surface area contributed by atoms with Gasteiger partial charge in [0.2, 0.25) is 0 Å². The van der Waals surface area contributed by atoms with Crippen molar-refractivity contribution in [2.75, 3.05) is 5.75 Å². The van der Waals surface area contributed by atoms with Gasteiger partial charge in [-0.05, 0) is 50.3 Å². The first kappa shape index (κ1) is 15.8. The van der Waals surface area contributed by atoms with Crippen LogP contribution in [0.15, 0.2) is 23.2 Å². The van der Waals surface area contributed by atoms with E-state index in [1.807, 2.05) is 23.9 Å². The zero-order valence-electron chi connectivity index (χ0n) is 13.9. The van der Waals surface area contributed by atoms with Gasteiger partial charge < -0.3 is 4.90 Å². The van der Waals surface area contributed by atoms with Crippen molar-refractivity contribution in [1.82, 2.24) is 4.90 Å². The number of halogens is 1. The molecule has 0 unspecified atom stereocenters. The van der Waals surface area contributed by atoms with Crippen molar-refractivity contribution in [3.63, 3.8) is 0 Å². The molecule has 3 fully saturated rings. The number of hydrogen-bond acceptors (Lipinski definition) is 2. The van der Waals surface area contributed by atoms with Crippen LogP contribution in [0.25, 0.3) is 0 Å². The zero-order valence-corrected chi connectivity index (χ0v) is 15.4. The van der Waals surface area contributed by atoms with E-state index in [9.17, 15) is 0 Å². The van der Waals surface area contributed by atoms with Gasteiger partial charge in [-0.3, -0.25) is 0 Å². The molecular weight excluding hydrogens is 324 g/mol. The molecule has 124 valence electrons. The molecule has 0 N–H and O–H groups in total. The fourth-order valence-corrected chi connectivity index (χ4v) is 6.21. The summed E-state index contributed by atoms with van der Waals surface area (Å²) < 4.78 is 0. The summed E-state index contributed by atoms with van der Waals surface area (Å²) in [7, 11) is 0. The van der Waals surface area contributed by atoms with E-state index in [1.54, 1.807) is 0 Å². The summed E-state index contributed by atoms with van der Waals surface area (Å²) in [5.41, 5.74) is 2.53. The van der Waals surface area contributed by atoms with Crippen LogP contribution in [-0.2, 0) is 0 Å². The van der Waals surface area contributed by atoms with Gasteiger partial charge in [-0.25, -0.2) is 4.99 Å². The van der Waals surface area contributed by atoms with Crippen LogP contribution in [0.3, 0.4) is 0 Å². The third-order valence-electron chi connectivity index (χ3n) is 5.87. The lowest BCUT2D eigenvalue weighted by atomic mass is 9.95. The van der Waals surface area contributed by atoms with Crippen molar-refractivity contribution in [2.24, 2.45) is 4.99 Å². The molecule has 1 aromatic rings. The zero-order chi connectivity index (χ0) is 15.9. The van der Waals surface area contributed by atoms with E-state index < -0.39 is 0 Å². The van der Waals surface area contributed by atoms with E-state index in [-0.39, 0.29) is 0 Å². The first-order valence-electron chi connectivity index (χ1n) is 8.96. The van der Waals surface area contributed by atoms with E-state index in [4.69, 9.17) is 16.6 Å². The average molecular weight is 349 g/mol. The fourth-order valence-electron chi connectivity index (χ4n) is 4.57. The van der Waals surface area contributed by atoms with Crippen molar-refractivity contribution in [2.45, 2.75) is 69.9 Å². The largest absolute Gasteiger partial charge is 0.342 e. The van der Waals surface area contributed by atoms with Crippen LogP contribution in [-0.4, -0.2) is 27.4 Å². The van der Waals surface area contributed by atoms with Crippen molar-refractivity contribution in [1.29, 1.82) is 0 Å². The lowest BCUT2D eigenvalue weighted by Gasteiger charge is -2.40. The molecule has 0 amide bonds. The van der Waals surface area contributed by atoms with Gasteiger partial charge in [0.25, 0.3) is 0 Å². The standard InChI is InChI=1S/C19H25ClN2S/c1-14-16(20)9-6-10-17(14)21-18-22(15-7-2-3-8-15)19(13-23-18)11-4-5-12-19/h6,9-10,15H,2-5,7-8,11-13H2,1H3. The molecule has 2 aliphatic carbocycles. The Hall–Kier alpha value is -0.670. The highest BCUT2D eigenvalue weighted by molar-refractivity contribution is 8.14. The first-order valence-corrected chi connectivity index (χ1v) is 10.3. The molecule has 0 atom stereocenters. The molecule has 23 heavy (non-hydrogen) atoms. The Morgan fingerprint density at radius 2 is 1.91 bits per heavy atom. The van der Waals surface area contributed by atoms with Crippen LogP contribution in [0, 0.1) is 6.92 Å². The molecule has 1 saturated heterocycles. The van der Waals surface area contributed by atoms with Gasteiger partial charge in [0.05, 0.1) is 11.2 Å². The van der Waals surface area contributed by atoms with Gasteiger partial charge in [0, 0.05) is 16.8 Å². The maximum atomic E-state index is 6.29. The average Bonchev–Trinajstić information content (AvgIpc) is 3.27. The number of hydrogen-bond donors (Lipinski definition) is 0. The maximum absolute atomic E-state index is 6.29. The topological polar surface area (TPSA) is 15.6 Å². The highest BCUT2D eigenvalue weighted by Crippen LogP contribution is 2.48. The Kier molecular flexibility index (Phi) is 4.36. The number of amidine groups is 1. The number of benzene rings is 1. The first-order chi connectivity index (χ1) is 11.2. The maximum Gasteiger partial charge on any atom is 0.165 e. The Bertz CT molecular complexity index is 616. The van der Waals surface area contributed by atoms with Crippen LogP contribution in [0.1, 0.15) is 56.9 Å². The third kappa shape index (κ3) is 2.80. The molecule has 0 bridgehead atoms. The molecule has 1 aliphatic heterocycles. The van der Waals surface area contributed by atoms with E-state index >= 15 is 0 Å². The van der Waals surface area contributed by atoms with E-state index in [2.05, 4.69) is 17.9 Å². The summed E-state index contributed by atoms with van der Waals surface area (Å²) >= 11 is 8.27. The SMILES string of the molecule is Cc1c(Cl)cccc1N=C1SCC2(CCCC2)N1C1CCCC1. The molecule has 0 radical (unpaired) electrons. The Labute approximate surface area is 148 Å². The summed E-state index contributed by atoms with van der Waals surface area (Å²) in [5, 5.41) is 2.07. The Morgan fingerprint density at radius 1 is 1.17 bits per heavy atom. The molecule has 4 heteroatoms. The number of nitrogens with zero attached hydrogens (tertiary/aromatic N) is 2. The van der Waals surface area contributed by atoms with Crippen LogP contribution in [0.5, 0.6) is 0 Å². The van der Waals surface area contributed by atoms with Gasteiger partial charge in [-0.2, -0.15) is 0 Å². The molecule has 1 aromatic carbocycles. The minimum absolute atomic E-state index is 0.394. The van der Waals surface area contributed by atoms with Crippen LogP contribution < -0.4 is 0 Å². The molecule has 0 aromatic heterocycles. The normalized spacial score (nSPS) is 26.0. The second-order valence-electron chi connectivity index (χ2n) is 7.31. The summed E-state index contributed by atoms with van der Waals surface area (Å²) in [6.45, 7) is 2.08. The van der Waals surface area contributed by atoms with E-state index in [0.717, 1.165) is 16.3 Å². The molecular formula is C19H25ClN2S.